The maximum Gasteiger partial charge on any atom is 0.281 e. The minimum atomic E-state index is -0.154. The normalized spacial score (nSPS) is 16.5. The molecule has 0 atom stereocenters. The third kappa shape index (κ3) is 2.53. The molecule has 6 heteroatoms. The standard InChI is InChI=1S/C16H16N4OS/c1-10-5-4-6-13(7-10)20-15(21)14(17-16(20)22)8-12-9-19(3)18-11(12)2/h4-9H,1-3H3,(H,17,22)/b14-8+. The summed E-state index contributed by atoms with van der Waals surface area (Å²) in [6, 6.07) is 7.70. The van der Waals surface area contributed by atoms with Crippen LogP contribution in [0.3, 0.4) is 0 Å². The number of nitrogens with one attached hydrogen (secondary N) is 1. The van der Waals surface area contributed by atoms with Gasteiger partial charge in [-0.2, -0.15) is 5.10 Å². The van der Waals surface area contributed by atoms with Gasteiger partial charge in [0.2, 0.25) is 0 Å². The number of carbonyl (C=O) groups is 1. The van der Waals surface area contributed by atoms with E-state index in [9.17, 15) is 4.79 Å². The number of anilines is 1. The molecule has 2 aromatic rings. The van der Waals surface area contributed by atoms with Crippen LogP contribution in [0.2, 0.25) is 0 Å². The van der Waals surface area contributed by atoms with Crippen LogP contribution in [0.1, 0.15) is 16.8 Å². The number of nitrogens with zero attached hydrogens (tertiary/aromatic N) is 3. The van der Waals surface area contributed by atoms with Crippen molar-refractivity contribution in [2.45, 2.75) is 13.8 Å². The Morgan fingerprint density at radius 1 is 1.32 bits per heavy atom. The summed E-state index contributed by atoms with van der Waals surface area (Å²) in [6.07, 6.45) is 3.66. The number of hydrogen-bond donors (Lipinski definition) is 1. The number of benzene rings is 1. The summed E-state index contributed by atoms with van der Waals surface area (Å²) in [5.41, 5.74) is 4.07. The second-order valence-electron chi connectivity index (χ2n) is 5.31. The minimum Gasteiger partial charge on any atom is -0.327 e. The SMILES string of the molecule is Cc1cccc(N2C(=O)/C(=C\c3cn(C)nc3C)NC2=S)c1. The van der Waals surface area contributed by atoms with Crippen LogP contribution in [0.5, 0.6) is 0 Å². The molecule has 3 rings (SSSR count). The maximum atomic E-state index is 12.6. The van der Waals surface area contributed by atoms with Crippen molar-refractivity contribution in [3.8, 4) is 0 Å². The fourth-order valence-corrected chi connectivity index (χ4v) is 2.75. The number of aromatic nitrogens is 2. The van der Waals surface area contributed by atoms with Gasteiger partial charge in [-0.05, 0) is 49.8 Å². The Bertz CT molecular complexity index is 806. The van der Waals surface area contributed by atoms with Crippen molar-refractivity contribution in [1.29, 1.82) is 0 Å². The summed E-state index contributed by atoms with van der Waals surface area (Å²) in [5, 5.41) is 7.65. The van der Waals surface area contributed by atoms with E-state index in [1.165, 1.54) is 4.90 Å². The predicted molar refractivity (Wildman–Crippen MR) is 90.3 cm³/mol. The molecule has 1 saturated heterocycles. The molecule has 0 unspecified atom stereocenters. The Hall–Kier alpha value is -2.47. The van der Waals surface area contributed by atoms with Crippen molar-refractivity contribution in [2.75, 3.05) is 4.90 Å². The molecule has 0 saturated carbocycles. The van der Waals surface area contributed by atoms with Crippen LogP contribution in [-0.4, -0.2) is 20.8 Å². The summed E-state index contributed by atoms with van der Waals surface area (Å²) in [5.74, 6) is -0.154. The van der Waals surface area contributed by atoms with E-state index in [2.05, 4.69) is 10.4 Å². The number of amides is 1. The lowest BCUT2D eigenvalue weighted by Gasteiger charge is -2.14. The van der Waals surface area contributed by atoms with Crippen LogP contribution in [0.15, 0.2) is 36.2 Å². The van der Waals surface area contributed by atoms with Crippen molar-refractivity contribution in [1.82, 2.24) is 15.1 Å². The topological polar surface area (TPSA) is 50.2 Å². The zero-order valence-corrected chi connectivity index (χ0v) is 13.4. The summed E-state index contributed by atoms with van der Waals surface area (Å²) in [7, 11) is 1.85. The quantitative estimate of drug-likeness (QED) is 0.683. The third-order valence-electron chi connectivity index (χ3n) is 3.49. The molecule has 0 bridgehead atoms. The van der Waals surface area contributed by atoms with Crippen LogP contribution in [0, 0.1) is 13.8 Å². The molecule has 1 N–H and O–H groups in total. The smallest absolute Gasteiger partial charge is 0.281 e. The molecule has 1 aliphatic heterocycles. The molecular weight excluding hydrogens is 296 g/mol. The van der Waals surface area contributed by atoms with E-state index in [0.29, 0.717) is 10.8 Å². The average molecular weight is 312 g/mol. The van der Waals surface area contributed by atoms with Gasteiger partial charge >= 0.3 is 0 Å². The highest BCUT2D eigenvalue weighted by molar-refractivity contribution is 7.80. The van der Waals surface area contributed by atoms with Gasteiger partial charge in [0.15, 0.2) is 5.11 Å². The Morgan fingerprint density at radius 3 is 2.73 bits per heavy atom. The van der Waals surface area contributed by atoms with Gasteiger partial charge in [0, 0.05) is 18.8 Å². The monoisotopic (exact) mass is 312 g/mol. The first-order chi connectivity index (χ1) is 10.5. The van der Waals surface area contributed by atoms with Gasteiger partial charge in [-0.15, -0.1) is 0 Å². The first-order valence-electron chi connectivity index (χ1n) is 6.90. The van der Waals surface area contributed by atoms with Crippen molar-refractivity contribution in [3.05, 3.63) is 53.0 Å². The van der Waals surface area contributed by atoms with Gasteiger partial charge in [0.05, 0.1) is 11.4 Å². The van der Waals surface area contributed by atoms with Crippen molar-refractivity contribution in [3.63, 3.8) is 0 Å². The Kier molecular flexibility index (Phi) is 3.54. The van der Waals surface area contributed by atoms with E-state index in [1.807, 2.05) is 51.4 Å². The summed E-state index contributed by atoms with van der Waals surface area (Å²) in [4.78, 5) is 14.1. The van der Waals surface area contributed by atoms with Gasteiger partial charge in [-0.3, -0.25) is 14.4 Å². The lowest BCUT2D eigenvalue weighted by atomic mass is 10.2. The molecule has 22 heavy (non-hydrogen) atoms. The Balaban J connectivity index is 1.96. The van der Waals surface area contributed by atoms with E-state index in [-0.39, 0.29) is 5.91 Å². The van der Waals surface area contributed by atoms with E-state index >= 15 is 0 Å². The predicted octanol–water partition coefficient (Wildman–Crippen LogP) is 2.30. The number of hydrogen-bond acceptors (Lipinski definition) is 3. The lowest BCUT2D eigenvalue weighted by Crippen LogP contribution is -2.30. The first kappa shape index (κ1) is 14.5. The molecule has 1 aliphatic rings. The van der Waals surface area contributed by atoms with E-state index in [0.717, 1.165) is 22.5 Å². The second-order valence-corrected chi connectivity index (χ2v) is 5.70. The molecule has 1 fully saturated rings. The summed E-state index contributed by atoms with van der Waals surface area (Å²) in [6.45, 7) is 3.89. The van der Waals surface area contributed by atoms with Crippen LogP contribution < -0.4 is 10.2 Å². The average Bonchev–Trinajstić information content (AvgIpc) is 2.90. The highest BCUT2D eigenvalue weighted by Crippen LogP contribution is 2.23. The fraction of sp³-hybridized carbons (Fsp3) is 0.188. The molecule has 0 aliphatic carbocycles. The van der Waals surface area contributed by atoms with E-state index in [1.54, 1.807) is 10.8 Å². The molecular formula is C16H16N4OS. The number of thiocarbonyl (C=S) groups is 1. The molecule has 1 amide bonds. The summed E-state index contributed by atoms with van der Waals surface area (Å²) >= 11 is 5.31. The number of rotatable bonds is 2. The van der Waals surface area contributed by atoms with Gasteiger partial charge in [-0.25, -0.2) is 0 Å². The van der Waals surface area contributed by atoms with Gasteiger partial charge in [-0.1, -0.05) is 12.1 Å². The van der Waals surface area contributed by atoms with Gasteiger partial charge < -0.3 is 5.32 Å². The number of carbonyl (C=O) groups excluding carboxylic acids is 1. The van der Waals surface area contributed by atoms with Crippen LogP contribution in [0.25, 0.3) is 6.08 Å². The fourth-order valence-electron chi connectivity index (χ4n) is 2.45. The Morgan fingerprint density at radius 2 is 2.09 bits per heavy atom. The first-order valence-corrected chi connectivity index (χ1v) is 7.30. The van der Waals surface area contributed by atoms with Crippen LogP contribution >= 0.6 is 12.2 Å². The lowest BCUT2D eigenvalue weighted by molar-refractivity contribution is -0.113. The zero-order chi connectivity index (χ0) is 15.9. The van der Waals surface area contributed by atoms with Crippen molar-refractivity contribution in [2.24, 2.45) is 7.05 Å². The zero-order valence-electron chi connectivity index (χ0n) is 12.6. The molecule has 112 valence electrons. The number of aryl methyl sites for hydroxylation is 3. The second kappa shape index (κ2) is 5.38. The van der Waals surface area contributed by atoms with Crippen molar-refractivity contribution >= 4 is 35.0 Å². The van der Waals surface area contributed by atoms with Gasteiger partial charge in [0.25, 0.3) is 5.91 Å². The molecule has 5 nitrogen and oxygen atoms in total. The van der Waals surface area contributed by atoms with E-state index < -0.39 is 0 Å². The highest BCUT2D eigenvalue weighted by atomic mass is 32.1. The maximum absolute atomic E-state index is 12.6. The van der Waals surface area contributed by atoms with E-state index in [4.69, 9.17) is 12.2 Å². The molecule has 2 heterocycles. The third-order valence-corrected chi connectivity index (χ3v) is 3.77. The largest absolute Gasteiger partial charge is 0.327 e. The highest BCUT2D eigenvalue weighted by Gasteiger charge is 2.32. The van der Waals surface area contributed by atoms with Crippen molar-refractivity contribution < 1.29 is 4.79 Å². The van der Waals surface area contributed by atoms with Crippen LogP contribution in [-0.2, 0) is 11.8 Å². The van der Waals surface area contributed by atoms with Crippen LogP contribution in [0.4, 0.5) is 5.69 Å². The molecule has 0 radical (unpaired) electrons. The summed E-state index contributed by atoms with van der Waals surface area (Å²) < 4.78 is 1.72. The molecule has 1 aromatic carbocycles. The molecule has 1 aromatic heterocycles. The van der Waals surface area contributed by atoms with Gasteiger partial charge in [0.1, 0.15) is 5.70 Å². The Labute approximate surface area is 134 Å². The minimum absolute atomic E-state index is 0.154. The molecule has 0 spiro atoms.